The number of nitrogens with two attached hydrogens (primary N) is 1. The molecule has 2 aromatic carbocycles. The van der Waals surface area contributed by atoms with Gasteiger partial charge in [-0.25, -0.2) is 5.43 Å². The van der Waals surface area contributed by atoms with Gasteiger partial charge in [-0.05, 0) is 55.3 Å². The van der Waals surface area contributed by atoms with Gasteiger partial charge in [0.1, 0.15) is 5.75 Å². The Labute approximate surface area is 140 Å². The van der Waals surface area contributed by atoms with Crippen LogP contribution in [-0.2, 0) is 4.79 Å². The maximum Gasteiger partial charge on any atom is 0.277 e. The first-order chi connectivity index (χ1) is 11.0. The van der Waals surface area contributed by atoms with Gasteiger partial charge in [0.25, 0.3) is 5.91 Å². The number of rotatable bonds is 5. The Morgan fingerprint density at radius 2 is 2.09 bits per heavy atom. The molecule has 0 aliphatic carbocycles. The third kappa shape index (κ3) is 5.00. The summed E-state index contributed by atoms with van der Waals surface area (Å²) in [5.41, 5.74) is 11.2. The predicted molar refractivity (Wildman–Crippen MR) is 92.9 cm³/mol. The Bertz CT molecular complexity index is 744. The van der Waals surface area contributed by atoms with Crippen LogP contribution in [0.5, 0.6) is 5.75 Å². The highest BCUT2D eigenvalue weighted by Crippen LogP contribution is 2.21. The molecule has 0 radical (unpaired) electrons. The van der Waals surface area contributed by atoms with Gasteiger partial charge in [-0.1, -0.05) is 23.7 Å². The number of hydrogen-bond donors (Lipinski definition) is 2. The number of halogens is 1. The Kier molecular flexibility index (Phi) is 5.60. The van der Waals surface area contributed by atoms with Crippen LogP contribution < -0.4 is 15.9 Å². The van der Waals surface area contributed by atoms with Crippen LogP contribution in [0.25, 0.3) is 0 Å². The zero-order chi connectivity index (χ0) is 16.8. The van der Waals surface area contributed by atoms with Crippen molar-refractivity contribution in [2.45, 2.75) is 13.8 Å². The lowest BCUT2D eigenvalue weighted by Gasteiger charge is -2.08. The van der Waals surface area contributed by atoms with Crippen LogP contribution in [0.1, 0.15) is 18.1 Å². The molecule has 6 heteroatoms. The lowest BCUT2D eigenvalue weighted by atomic mass is 10.1. The van der Waals surface area contributed by atoms with E-state index < -0.39 is 0 Å². The summed E-state index contributed by atoms with van der Waals surface area (Å²) in [5, 5.41) is 4.67. The molecule has 0 aliphatic rings. The highest BCUT2D eigenvalue weighted by atomic mass is 35.5. The Morgan fingerprint density at radius 1 is 1.30 bits per heavy atom. The Balaban J connectivity index is 1.90. The Morgan fingerprint density at radius 3 is 2.78 bits per heavy atom. The van der Waals surface area contributed by atoms with Crippen molar-refractivity contribution >= 4 is 28.9 Å². The van der Waals surface area contributed by atoms with Crippen molar-refractivity contribution in [2.24, 2.45) is 5.10 Å². The molecule has 0 bridgehead atoms. The van der Waals surface area contributed by atoms with E-state index in [4.69, 9.17) is 22.1 Å². The predicted octanol–water partition coefficient (Wildman–Crippen LogP) is 3.15. The third-order valence-electron chi connectivity index (χ3n) is 3.15. The second kappa shape index (κ2) is 7.65. The van der Waals surface area contributed by atoms with Crippen LogP contribution in [0.2, 0.25) is 5.02 Å². The van der Waals surface area contributed by atoms with Crippen LogP contribution in [0, 0.1) is 6.92 Å². The minimum atomic E-state index is -0.345. The first-order valence-electron chi connectivity index (χ1n) is 7.03. The number of ether oxygens (including phenoxy) is 1. The van der Waals surface area contributed by atoms with E-state index in [1.54, 1.807) is 37.3 Å². The molecule has 0 unspecified atom stereocenters. The van der Waals surface area contributed by atoms with Crippen LogP contribution >= 0.6 is 11.6 Å². The average molecular weight is 332 g/mol. The van der Waals surface area contributed by atoms with E-state index in [0.29, 0.717) is 22.2 Å². The summed E-state index contributed by atoms with van der Waals surface area (Å²) in [7, 11) is 0. The van der Waals surface area contributed by atoms with E-state index in [0.717, 1.165) is 11.1 Å². The van der Waals surface area contributed by atoms with E-state index in [9.17, 15) is 4.79 Å². The lowest BCUT2D eigenvalue weighted by Crippen LogP contribution is -2.25. The number of nitrogens with one attached hydrogen (secondary N) is 1. The molecular weight excluding hydrogens is 314 g/mol. The molecule has 5 nitrogen and oxygen atoms in total. The van der Waals surface area contributed by atoms with Crippen molar-refractivity contribution in [3.05, 3.63) is 58.6 Å². The largest absolute Gasteiger partial charge is 0.483 e. The number of hydrazone groups is 1. The summed E-state index contributed by atoms with van der Waals surface area (Å²) in [4.78, 5) is 11.8. The quantitative estimate of drug-likeness (QED) is 0.502. The summed E-state index contributed by atoms with van der Waals surface area (Å²) in [6.07, 6.45) is 0. The fourth-order valence-electron chi connectivity index (χ4n) is 1.92. The number of carbonyl (C=O) groups excluding carboxylic acids is 1. The van der Waals surface area contributed by atoms with Gasteiger partial charge < -0.3 is 10.5 Å². The summed E-state index contributed by atoms with van der Waals surface area (Å²) in [6.45, 7) is 3.52. The van der Waals surface area contributed by atoms with Gasteiger partial charge in [-0.15, -0.1) is 0 Å². The zero-order valence-corrected chi connectivity index (χ0v) is 13.7. The minimum absolute atomic E-state index is 0.129. The van der Waals surface area contributed by atoms with Crippen molar-refractivity contribution < 1.29 is 9.53 Å². The highest BCUT2D eigenvalue weighted by Gasteiger charge is 2.05. The standard InChI is InChI=1S/C17H18ClN3O2/c1-11-8-14(18)6-7-16(11)23-10-17(22)21-20-12(2)13-4-3-5-15(19)9-13/h3-9H,10,19H2,1-2H3,(H,21,22)/b20-12-. The number of nitrogens with zero attached hydrogens (tertiary/aromatic N) is 1. The number of amides is 1. The maximum absolute atomic E-state index is 11.8. The summed E-state index contributed by atoms with van der Waals surface area (Å²) in [6, 6.07) is 12.5. The minimum Gasteiger partial charge on any atom is -0.483 e. The van der Waals surface area contributed by atoms with E-state index >= 15 is 0 Å². The topological polar surface area (TPSA) is 76.7 Å². The van der Waals surface area contributed by atoms with Crippen molar-refractivity contribution in [1.82, 2.24) is 5.43 Å². The smallest absolute Gasteiger partial charge is 0.277 e. The zero-order valence-electron chi connectivity index (χ0n) is 13.0. The molecule has 0 spiro atoms. The van der Waals surface area contributed by atoms with Gasteiger partial charge >= 0.3 is 0 Å². The SMILES string of the molecule is C/C(=N/NC(=O)COc1ccc(Cl)cc1C)c1cccc(N)c1. The molecule has 0 atom stereocenters. The summed E-state index contributed by atoms with van der Waals surface area (Å²) in [5.74, 6) is 0.267. The van der Waals surface area contributed by atoms with Gasteiger partial charge in [0.05, 0.1) is 5.71 Å². The second-order valence-electron chi connectivity index (χ2n) is 5.06. The van der Waals surface area contributed by atoms with E-state index in [1.165, 1.54) is 0 Å². The van der Waals surface area contributed by atoms with Crippen molar-refractivity contribution in [3.8, 4) is 5.75 Å². The molecule has 2 rings (SSSR count). The normalized spacial score (nSPS) is 11.2. The van der Waals surface area contributed by atoms with Crippen LogP contribution in [0.3, 0.4) is 0 Å². The molecule has 23 heavy (non-hydrogen) atoms. The van der Waals surface area contributed by atoms with Crippen LogP contribution in [0.4, 0.5) is 5.69 Å². The number of anilines is 1. The first-order valence-corrected chi connectivity index (χ1v) is 7.41. The van der Waals surface area contributed by atoms with Crippen LogP contribution in [0.15, 0.2) is 47.6 Å². The van der Waals surface area contributed by atoms with Crippen LogP contribution in [-0.4, -0.2) is 18.2 Å². The average Bonchev–Trinajstić information content (AvgIpc) is 2.51. The molecule has 0 aliphatic heterocycles. The van der Waals surface area contributed by atoms with Gasteiger partial charge in [-0.2, -0.15) is 5.10 Å². The number of benzene rings is 2. The molecule has 0 heterocycles. The number of carbonyl (C=O) groups is 1. The fourth-order valence-corrected chi connectivity index (χ4v) is 2.15. The van der Waals surface area contributed by atoms with E-state index in [-0.39, 0.29) is 12.5 Å². The Hall–Kier alpha value is -2.53. The van der Waals surface area contributed by atoms with Gasteiger partial charge in [0.2, 0.25) is 0 Å². The fraction of sp³-hybridized carbons (Fsp3) is 0.176. The molecule has 3 N–H and O–H groups in total. The van der Waals surface area contributed by atoms with Gasteiger partial charge in [0, 0.05) is 10.7 Å². The maximum atomic E-state index is 11.8. The lowest BCUT2D eigenvalue weighted by molar-refractivity contribution is -0.123. The molecule has 120 valence electrons. The van der Waals surface area contributed by atoms with Gasteiger partial charge in [-0.3, -0.25) is 4.79 Å². The van der Waals surface area contributed by atoms with Gasteiger partial charge in [0.15, 0.2) is 6.61 Å². The van der Waals surface area contributed by atoms with Crippen molar-refractivity contribution in [3.63, 3.8) is 0 Å². The molecule has 0 saturated carbocycles. The number of hydrogen-bond acceptors (Lipinski definition) is 4. The molecule has 2 aromatic rings. The first kappa shape index (κ1) is 16.8. The molecular formula is C17H18ClN3O2. The number of aryl methyl sites for hydroxylation is 1. The summed E-state index contributed by atoms with van der Waals surface area (Å²) < 4.78 is 5.45. The molecule has 0 saturated heterocycles. The monoisotopic (exact) mass is 331 g/mol. The van der Waals surface area contributed by atoms with E-state index in [2.05, 4.69) is 10.5 Å². The molecule has 0 aromatic heterocycles. The third-order valence-corrected chi connectivity index (χ3v) is 3.38. The van der Waals surface area contributed by atoms with Crippen molar-refractivity contribution in [2.75, 3.05) is 12.3 Å². The second-order valence-corrected chi connectivity index (χ2v) is 5.49. The molecule has 1 amide bonds. The highest BCUT2D eigenvalue weighted by molar-refractivity contribution is 6.30. The number of nitrogen functional groups attached to an aromatic ring is 1. The molecule has 0 fully saturated rings. The van der Waals surface area contributed by atoms with E-state index in [1.807, 2.05) is 19.1 Å². The summed E-state index contributed by atoms with van der Waals surface area (Å²) >= 11 is 5.87. The van der Waals surface area contributed by atoms with Crippen molar-refractivity contribution in [1.29, 1.82) is 0 Å².